The van der Waals surface area contributed by atoms with E-state index in [2.05, 4.69) is 35.0 Å². The van der Waals surface area contributed by atoms with Crippen LogP contribution in [0.4, 0.5) is 0 Å². The lowest BCUT2D eigenvalue weighted by atomic mass is 10.1. The molecule has 2 nitrogen and oxygen atoms in total. The monoisotopic (exact) mass is 270 g/mol. The molecular weight excluding hydrogens is 256 g/mol. The highest BCUT2D eigenvalue weighted by atomic mass is 79.9. The molecule has 15 heavy (non-hydrogen) atoms. The van der Waals surface area contributed by atoms with Crippen LogP contribution in [0.2, 0.25) is 0 Å². The average molecular weight is 271 g/mol. The number of benzene rings is 1. The van der Waals surface area contributed by atoms with Crippen LogP contribution in [-0.4, -0.2) is 18.0 Å². The molecule has 0 amide bonds. The van der Waals surface area contributed by atoms with Gasteiger partial charge in [-0.3, -0.25) is 0 Å². The molecule has 2 rings (SSSR count). The third-order valence-electron chi connectivity index (χ3n) is 2.33. The summed E-state index contributed by atoms with van der Waals surface area (Å²) in [5.41, 5.74) is 1.28. The minimum atomic E-state index is 0.488. The van der Waals surface area contributed by atoms with Gasteiger partial charge in [-0.2, -0.15) is 0 Å². The van der Waals surface area contributed by atoms with Crippen LogP contribution in [0.25, 0.3) is 0 Å². The largest absolute Gasteiger partial charge is 0.490 e. The van der Waals surface area contributed by atoms with Gasteiger partial charge in [-0.05, 0) is 24.1 Å². The molecule has 1 heterocycles. The molecule has 0 N–H and O–H groups in total. The topological polar surface area (TPSA) is 18.5 Å². The number of hydrogen-bond acceptors (Lipinski definition) is 2. The zero-order valence-corrected chi connectivity index (χ0v) is 10.4. The van der Waals surface area contributed by atoms with E-state index < -0.39 is 0 Å². The third kappa shape index (κ3) is 2.88. The Morgan fingerprint density at radius 1 is 1.27 bits per heavy atom. The van der Waals surface area contributed by atoms with Crippen LogP contribution in [0.1, 0.15) is 18.9 Å². The lowest BCUT2D eigenvalue weighted by Gasteiger charge is -2.10. The minimum Gasteiger partial charge on any atom is -0.490 e. The molecule has 0 radical (unpaired) electrons. The van der Waals surface area contributed by atoms with Crippen molar-refractivity contribution in [2.24, 2.45) is 0 Å². The second-order valence-corrected chi connectivity index (χ2v) is 5.38. The molecule has 0 aliphatic carbocycles. The van der Waals surface area contributed by atoms with Gasteiger partial charge in [0.2, 0.25) is 0 Å². The number of halogens is 1. The summed E-state index contributed by atoms with van der Waals surface area (Å²) >= 11 is 3.55. The summed E-state index contributed by atoms with van der Waals surface area (Å²) in [6, 6.07) is 6.19. The van der Waals surface area contributed by atoms with Crippen molar-refractivity contribution in [3.8, 4) is 11.5 Å². The van der Waals surface area contributed by atoms with Gasteiger partial charge in [-0.15, -0.1) is 0 Å². The van der Waals surface area contributed by atoms with Crippen molar-refractivity contribution < 1.29 is 9.47 Å². The maximum absolute atomic E-state index is 5.63. The van der Waals surface area contributed by atoms with Crippen molar-refractivity contribution >= 4 is 15.9 Å². The molecule has 0 aromatic heterocycles. The minimum absolute atomic E-state index is 0.488. The van der Waals surface area contributed by atoms with E-state index in [1.54, 1.807) is 0 Å². The number of hydrogen-bond donors (Lipinski definition) is 0. The predicted octanol–water partition coefficient (Wildman–Crippen LogP) is 3.17. The Morgan fingerprint density at radius 3 is 2.73 bits per heavy atom. The van der Waals surface area contributed by atoms with E-state index in [0.29, 0.717) is 4.83 Å². The van der Waals surface area contributed by atoms with Crippen LogP contribution < -0.4 is 9.47 Å². The summed E-state index contributed by atoms with van der Waals surface area (Å²) in [5.74, 6) is 1.76. The SMILES string of the molecule is CC(Br)Cc1ccc2c(c1)OCCCO2. The highest BCUT2D eigenvalue weighted by molar-refractivity contribution is 9.09. The second kappa shape index (κ2) is 4.88. The van der Waals surface area contributed by atoms with Crippen molar-refractivity contribution in [2.75, 3.05) is 13.2 Å². The van der Waals surface area contributed by atoms with Crippen molar-refractivity contribution in [2.45, 2.75) is 24.6 Å². The Hall–Kier alpha value is -0.700. The van der Waals surface area contributed by atoms with Crippen LogP contribution >= 0.6 is 15.9 Å². The van der Waals surface area contributed by atoms with Gasteiger partial charge < -0.3 is 9.47 Å². The van der Waals surface area contributed by atoms with Crippen LogP contribution in [0.3, 0.4) is 0 Å². The Balaban J connectivity index is 2.20. The average Bonchev–Trinajstić information content (AvgIpc) is 2.41. The molecule has 0 saturated heterocycles. The molecular formula is C12H15BrO2. The van der Waals surface area contributed by atoms with Gasteiger partial charge in [-0.25, -0.2) is 0 Å². The van der Waals surface area contributed by atoms with Crippen molar-refractivity contribution in [1.82, 2.24) is 0 Å². The predicted molar refractivity (Wildman–Crippen MR) is 64.1 cm³/mol. The molecule has 0 bridgehead atoms. The molecule has 0 spiro atoms. The fourth-order valence-electron chi connectivity index (χ4n) is 1.66. The lowest BCUT2D eigenvalue weighted by molar-refractivity contribution is 0.297. The van der Waals surface area contributed by atoms with Gasteiger partial charge >= 0.3 is 0 Å². The molecule has 1 atom stereocenters. The van der Waals surface area contributed by atoms with Crippen molar-refractivity contribution in [3.63, 3.8) is 0 Å². The molecule has 1 aliphatic rings. The first-order valence-electron chi connectivity index (χ1n) is 5.28. The standard InChI is InChI=1S/C12H15BrO2/c1-9(13)7-10-3-4-11-12(8-10)15-6-2-5-14-11/h3-4,8-9H,2,5-7H2,1H3. The molecule has 0 fully saturated rings. The van der Waals surface area contributed by atoms with E-state index in [0.717, 1.165) is 37.6 Å². The number of alkyl halides is 1. The first-order chi connectivity index (χ1) is 7.25. The summed E-state index contributed by atoms with van der Waals surface area (Å²) in [6.45, 7) is 3.64. The Morgan fingerprint density at radius 2 is 2.00 bits per heavy atom. The Kier molecular flexibility index (Phi) is 3.52. The van der Waals surface area contributed by atoms with E-state index in [-0.39, 0.29) is 0 Å². The molecule has 82 valence electrons. The smallest absolute Gasteiger partial charge is 0.161 e. The van der Waals surface area contributed by atoms with Gasteiger partial charge in [0.1, 0.15) is 0 Å². The lowest BCUT2D eigenvalue weighted by Crippen LogP contribution is -1.98. The van der Waals surface area contributed by atoms with Crippen molar-refractivity contribution in [3.05, 3.63) is 23.8 Å². The second-order valence-electron chi connectivity index (χ2n) is 3.82. The highest BCUT2D eigenvalue weighted by Gasteiger charge is 2.11. The van der Waals surface area contributed by atoms with Crippen LogP contribution in [-0.2, 0) is 6.42 Å². The Labute approximate surface area is 98.7 Å². The van der Waals surface area contributed by atoms with Crippen LogP contribution in [0, 0.1) is 0 Å². The van der Waals surface area contributed by atoms with Gasteiger partial charge in [0.05, 0.1) is 13.2 Å². The summed E-state index contributed by atoms with van der Waals surface area (Å²) < 4.78 is 11.2. The van der Waals surface area contributed by atoms with Crippen LogP contribution in [0.5, 0.6) is 11.5 Å². The summed E-state index contributed by atoms with van der Waals surface area (Å²) in [5, 5.41) is 0. The number of ether oxygens (including phenoxy) is 2. The first-order valence-corrected chi connectivity index (χ1v) is 6.20. The van der Waals surface area contributed by atoms with Crippen molar-refractivity contribution in [1.29, 1.82) is 0 Å². The van der Waals surface area contributed by atoms with E-state index in [1.807, 2.05) is 6.07 Å². The first kappa shape index (κ1) is 10.8. The number of rotatable bonds is 2. The molecule has 1 unspecified atom stereocenters. The third-order valence-corrected chi connectivity index (χ3v) is 2.65. The number of fused-ring (bicyclic) bond motifs is 1. The summed E-state index contributed by atoms with van der Waals surface area (Å²) in [7, 11) is 0. The molecule has 1 aromatic carbocycles. The van der Waals surface area contributed by atoms with E-state index in [9.17, 15) is 0 Å². The van der Waals surface area contributed by atoms with Gasteiger partial charge in [-0.1, -0.05) is 28.9 Å². The zero-order valence-electron chi connectivity index (χ0n) is 8.83. The van der Waals surface area contributed by atoms with E-state index in [4.69, 9.17) is 9.47 Å². The highest BCUT2D eigenvalue weighted by Crippen LogP contribution is 2.31. The summed E-state index contributed by atoms with van der Waals surface area (Å²) in [6.07, 6.45) is 1.97. The molecule has 1 aliphatic heterocycles. The molecule has 3 heteroatoms. The molecule has 1 aromatic rings. The fraction of sp³-hybridized carbons (Fsp3) is 0.500. The maximum atomic E-state index is 5.63. The maximum Gasteiger partial charge on any atom is 0.161 e. The summed E-state index contributed by atoms with van der Waals surface area (Å²) in [4.78, 5) is 0.488. The zero-order chi connectivity index (χ0) is 10.7. The normalized spacial score (nSPS) is 16.9. The van der Waals surface area contributed by atoms with Gasteiger partial charge in [0.15, 0.2) is 11.5 Å². The van der Waals surface area contributed by atoms with E-state index in [1.165, 1.54) is 5.56 Å². The van der Waals surface area contributed by atoms with Gasteiger partial charge in [0, 0.05) is 11.2 Å². The fourth-order valence-corrected chi connectivity index (χ4v) is 2.03. The van der Waals surface area contributed by atoms with Crippen LogP contribution in [0.15, 0.2) is 18.2 Å². The Bertz CT molecular complexity index is 336. The molecule has 0 saturated carbocycles. The van der Waals surface area contributed by atoms with Gasteiger partial charge in [0.25, 0.3) is 0 Å². The van der Waals surface area contributed by atoms with E-state index >= 15 is 0 Å². The quantitative estimate of drug-likeness (QED) is 0.769.